The van der Waals surface area contributed by atoms with E-state index in [1.165, 1.54) is 4.90 Å². The lowest BCUT2D eigenvalue weighted by Gasteiger charge is -2.32. The maximum atomic E-state index is 12.1. The van der Waals surface area contributed by atoms with Crippen molar-refractivity contribution in [3.05, 3.63) is 36.2 Å². The molecule has 6 heteroatoms. The maximum absolute atomic E-state index is 12.1. The zero-order chi connectivity index (χ0) is 15.9. The van der Waals surface area contributed by atoms with E-state index in [2.05, 4.69) is 4.98 Å². The number of carboxylic acid groups (broad SMARTS) is 1. The van der Waals surface area contributed by atoms with Crippen LogP contribution in [0, 0.1) is 5.92 Å². The molecule has 118 valence electrons. The molecule has 2 rings (SSSR count). The summed E-state index contributed by atoms with van der Waals surface area (Å²) in [5.74, 6) is 0.316. The van der Waals surface area contributed by atoms with Crippen molar-refractivity contribution in [1.29, 1.82) is 0 Å². The van der Waals surface area contributed by atoms with Crippen LogP contribution in [0.1, 0.15) is 18.4 Å². The van der Waals surface area contributed by atoms with Gasteiger partial charge in [-0.25, -0.2) is 4.79 Å². The molecule has 0 saturated carbocycles. The predicted molar refractivity (Wildman–Crippen MR) is 83.2 cm³/mol. The molecular formula is C16H21N3O3. The van der Waals surface area contributed by atoms with Gasteiger partial charge in [-0.15, -0.1) is 0 Å². The maximum Gasteiger partial charge on any atom is 0.407 e. The minimum atomic E-state index is -0.858. The highest BCUT2D eigenvalue weighted by Gasteiger charge is 2.23. The quantitative estimate of drug-likeness (QED) is 0.863. The van der Waals surface area contributed by atoms with Gasteiger partial charge in [0.2, 0.25) is 5.91 Å². The summed E-state index contributed by atoms with van der Waals surface area (Å²) in [6.07, 6.45) is 7.45. The van der Waals surface area contributed by atoms with E-state index in [0.29, 0.717) is 25.6 Å². The number of pyridine rings is 1. The molecule has 0 aliphatic carbocycles. The van der Waals surface area contributed by atoms with Gasteiger partial charge in [0.1, 0.15) is 0 Å². The molecule has 2 amide bonds. The van der Waals surface area contributed by atoms with Crippen LogP contribution in [0.5, 0.6) is 0 Å². The Morgan fingerprint density at radius 3 is 2.59 bits per heavy atom. The minimum absolute atomic E-state index is 0.0440. The number of carbonyl (C=O) groups is 2. The van der Waals surface area contributed by atoms with Gasteiger partial charge in [0.25, 0.3) is 0 Å². The average Bonchev–Trinajstić information content (AvgIpc) is 2.54. The number of carbonyl (C=O) groups excluding carboxylic acids is 1. The number of likely N-dealkylation sites (N-methyl/N-ethyl adjacent to an activating group) is 1. The fraction of sp³-hybridized carbons (Fsp3) is 0.438. The molecule has 0 spiro atoms. The lowest BCUT2D eigenvalue weighted by Crippen LogP contribution is -2.41. The molecule has 1 N–H and O–H groups in total. The molecule has 22 heavy (non-hydrogen) atoms. The van der Waals surface area contributed by atoms with Gasteiger partial charge in [-0.05, 0) is 42.5 Å². The van der Waals surface area contributed by atoms with Crippen molar-refractivity contribution in [2.75, 3.05) is 26.7 Å². The fourth-order valence-corrected chi connectivity index (χ4v) is 2.55. The second kappa shape index (κ2) is 7.59. The smallest absolute Gasteiger partial charge is 0.407 e. The molecule has 2 heterocycles. The first-order valence-corrected chi connectivity index (χ1v) is 7.37. The third-order valence-electron chi connectivity index (χ3n) is 3.92. The summed E-state index contributed by atoms with van der Waals surface area (Å²) in [6.45, 7) is 1.76. The van der Waals surface area contributed by atoms with Crippen LogP contribution in [0.3, 0.4) is 0 Å². The summed E-state index contributed by atoms with van der Waals surface area (Å²) >= 11 is 0. The number of likely N-dealkylation sites (tertiary alicyclic amines) is 1. The second-order valence-electron chi connectivity index (χ2n) is 5.55. The van der Waals surface area contributed by atoms with E-state index in [1.54, 1.807) is 36.5 Å². The number of rotatable bonds is 4. The summed E-state index contributed by atoms with van der Waals surface area (Å²) < 4.78 is 0. The highest BCUT2D eigenvalue weighted by atomic mass is 16.4. The van der Waals surface area contributed by atoms with Gasteiger partial charge in [-0.1, -0.05) is 0 Å². The molecule has 0 aromatic carbocycles. The molecule has 1 aromatic rings. The van der Waals surface area contributed by atoms with Crippen molar-refractivity contribution in [3.63, 3.8) is 0 Å². The zero-order valence-corrected chi connectivity index (χ0v) is 12.7. The van der Waals surface area contributed by atoms with E-state index in [4.69, 9.17) is 5.11 Å². The van der Waals surface area contributed by atoms with Crippen LogP contribution in [-0.4, -0.2) is 58.6 Å². The topological polar surface area (TPSA) is 73.7 Å². The van der Waals surface area contributed by atoms with Gasteiger partial charge >= 0.3 is 6.09 Å². The van der Waals surface area contributed by atoms with Gasteiger partial charge in [0.15, 0.2) is 0 Å². The van der Waals surface area contributed by atoms with Crippen molar-refractivity contribution in [1.82, 2.24) is 14.8 Å². The number of hydrogen-bond acceptors (Lipinski definition) is 3. The first-order chi connectivity index (χ1) is 10.6. The number of nitrogens with zero attached hydrogens (tertiary/aromatic N) is 3. The molecule has 1 saturated heterocycles. The van der Waals surface area contributed by atoms with Gasteiger partial charge in [0.05, 0.1) is 0 Å². The summed E-state index contributed by atoms with van der Waals surface area (Å²) in [4.78, 5) is 30.0. The Balaban J connectivity index is 1.80. The number of hydrogen-bond donors (Lipinski definition) is 1. The van der Waals surface area contributed by atoms with Gasteiger partial charge < -0.3 is 14.9 Å². The molecule has 0 unspecified atom stereocenters. The van der Waals surface area contributed by atoms with Crippen molar-refractivity contribution in [2.45, 2.75) is 12.8 Å². The number of aromatic nitrogens is 1. The molecule has 0 bridgehead atoms. The normalized spacial score (nSPS) is 16.0. The largest absolute Gasteiger partial charge is 0.465 e. The van der Waals surface area contributed by atoms with Crippen LogP contribution >= 0.6 is 0 Å². The monoisotopic (exact) mass is 303 g/mol. The highest BCUT2D eigenvalue weighted by molar-refractivity contribution is 5.91. The van der Waals surface area contributed by atoms with E-state index in [0.717, 1.165) is 18.4 Å². The molecule has 1 aliphatic heterocycles. The summed E-state index contributed by atoms with van der Waals surface area (Å²) in [5.41, 5.74) is 0.937. The zero-order valence-electron chi connectivity index (χ0n) is 12.7. The Morgan fingerprint density at radius 1 is 1.36 bits per heavy atom. The second-order valence-corrected chi connectivity index (χ2v) is 5.55. The summed E-state index contributed by atoms with van der Waals surface area (Å²) in [7, 11) is 1.78. The van der Waals surface area contributed by atoms with Crippen LogP contribution in [0.15, 0.2) is 30.6 Å². The SMILES string of the molecule is CN(CC1CCN(C(=O)O)CC1)C(=O)C=Cc1ccncc1. The van der Waals surface area contributed by atoms with Crippen LogP contribution in [0.2, 0.25) is 0 Å². The fourth-order valence-electron chi connectivity index (χ4n) is 2.55. The molecule has 0 atom stereocenters. The summed E-state index contributed by atoms with van der Waals surface area (Å²) in [5, 5.41) is 8.92. The molecule has 0 radical (unpaired) electrons. The Kier molecular flexibility index (Phi) is 5.52. The van der Waals surface area contributed by atoms with Gasteiger partial charge in [-0.2, -0.15) is 0 Å². The lowest BCUT2D eigenvalue weighted by atomic mass is 9.96. The average molecular weight is 303 g/mol. The van der Waals surface area contributed by atoms with Crippen molar-refractivity contribution < 1.29 is 14.7 Å². The Labute approximate surface area is 130 Å². The van der Waals surface area contributed by atoms with E-state index in [9.17, 15) is 9.59 Å². The molecule has 1 aromatic heterocycles. The number of amides is 2. The van der Waals surface area contributed by atoms with Crippen LogP contribution in [0.25, 0.3) is 6.08 Å². The molecule has 6 nitrogen and oxygen atoms in total. The van der Waals surface area contributed by atoms with Gasteiger partial charge in [0, 0.05) is 45.2 Å². The van der Waals surface area contributed by atoms with Crippen molar-refractivity contribution in [3.8, 4) is 0 Å². The molecule has 1 aliphatic rings. The van der Waals surface area contributed by atoms with Crippen molar-refractivity contribution >= 4 is 18.1 Å². The molecular weight excluding hydrogens is 282 g/mol. The van der Waals surface area contributed by atoms with Crippen LogP contribution in [-0.2, 0) is 4.79 Å². The van der Waals surface area contributed by atoms with Crippen LogP contribution in [0.4, 0.5) is 4.79 Å². The number of piperidine rings is 1. The van der Waals surface area contributed by atoms with Crippen LogP contribution < -0.4 is 0 Å². The predicted octanol–water partition coefficient (Wildman–Crippen LogP) is 1.94. The van der Waals surface area contributed by atoms with Gasteiger partial charge in [-0.3, -0.25) is 9.78 Å². The lowest BCUT2D eigenvalue weighted by molar-refractivity contribution is -0.125. The van der Waals surface area contributed by atoms with E-state index in [-0.39, 0.29) is 5.91 Å². The van der Waals surface area contributed by atoms with E-state index in [1.807, 2.05) is 12.1 Å². The standard InChI is InChI=1S/C16H21N3O3/c1-18(12-14-6-10-19(11-7-14)16(21)22)15(20)3-2-13-4-8-17-9-5-13/h2-5,8-9,14H,6-7,10-12H2,1H3,(H,21,22). The third-order valence-corrected chi connectivity index (χ3v) is 3.92. The van der Waals surface area contributed by atoms with Crippen molar-refractivity contribution in [2.24, 2.45) is 5.92 Å². The Morgan fingerprint density at radius 2 is 2.00 bits per heavy atom. The first-order valence-electron chi connectivity index (χ1n) is 7.37. The minimum Gasteiger partial charge on any atom is -0.465 e. The Hall–Kier alpha value is -2.37. The van der Waals surface area contributed by atoms with E-state index >= 15 is 0 Å². The highest BCUT2D eigenvalue weighted by Crippen LogP contribution is 2.18. The molecule has 1 fully saturated rings. The first kappa shape index (κ1) is 16.0. The summed E-state index contributed by atoms with van der Waals surface area (Å²) in [6, 6.07) is 3.68. The Bertz CT molecular complexity index is 537. The third kappa shape index (κ3) is 4.58. The van der Waals surface area contributed by atoms with E-state index < -0.39 is 6.09 Å².